The first-order chi connectivity index (χ1) is 17.2. The third kappa shape index (κ3) is 3.46. The Labute approximate surface area is 211 Å². The van der Waals surface area contributed by atoms with Gasteiger partial charge in [0, 0.05) is 30.4 Å². The van der Waals surface area contributed by atoms with Crippen LogP contribution in [-0.4, -0.2) is 42.4 Å². The van der Waals surface area contributed by atoms with Gasteiger partial charge in [0.05, 0.1) is 27.4 Å². The van der Waals surface area contributed by atoms with Crippen molar-refractivity contribution in [2.45, 2.75) is 36.7 Å². The van der Waals surface area contributed by atoms with Crippen molar-refractivity contribution in [1.82, 2.24) is 28.9 Å². The predicted octanol–water partition coefficient (Wildman–Crippen LogP) is 4.06. The van der Waals surface area contributed by atoms with Gasteiger partial charge in [-0.2, -0.15) is 10.1 Å². The number of nitrogens with zero attached hydrogens (tertiary/aromatic N) is 6. The van der Waals surface area contributed by atoms with E-state index in [2.05, 4.69) is 20.2 Å². The van der Waals surface area contributed by atoms with Crippen LogP contribution in [0.25, 0.3) is 33.7 Å². The molecule has 0 radical (unpaired) electrons. The number of aliphatic hydroxyl groups is 1. The van der Waals surface area contributed by atoms with E-state index in [1.54, 1.807) is 54.5 Å². The number of fused-ring (bicyclic) bond motifs is 1. The summed E-state index contributed by atoms with van der Waals surface area (Å²) in [4.78, 5) is 8.93. The van der Waals surface area contributed by atoms with E-state index >= 15 is 0 Å². The van der Waals surface area contributed by atoms with Gasteiger partial charge < -0.3 is 9.63 Å². The highest BCUT2D eigenvalue weighted by Crippen LogP contribution is 2.43. The van der Waals surface area contributed by atoms with Crippen LogP contribution in [0.15, 0.2) is 58.3 Å². The van der Waals surface area contributed by atoms with Gasteiger partial charge in [-0.1, -0.05) is 34.5 Å². The van der Waals surface area contributed by atoms with E-state index in [0.717, 1.165) is 12.0 Å². The first-order valence-corrected chi connectivity index (χ1v) is 13.1. The quantitative estimate of drug-likeness (QED) is 0.364. The average Bonchev–Trinajstić information content (AvgIpc) is 3.56. The van der Waals surface area contributed by atoms with Crippen molar-refractivity contribution in [3.8, 4) is 22.6 Å². The van der Waals surface area contributed by atoms with Gasteiger partial charge in [0.2, 0.25) is 5.82 Å². The van der Waals surface area contributed by atoms with Gasteiger partial charge in [0.15, 0.2) is 5.65 Å². The Kier molecular flexibility index (Phi) is 5.08. The third-order valence-corrected chi connectivity index (χ3v) is 8.53. The number of hydrogen-bond acceptors (Lipinski definition) is 8. The molecule has 184 valence electrons. The Morgan fingerprint density at radius 3 is 2.56 bits per heavy atom. The van der Waals surface area contributed by atoms with Crippen molar-refractivity contribution in [2.75, 3.05) is 0 Å². The molecule has 1 fully saturated rings. The molecule has 0 saturated heterocycles. The van der Waals surface area contributed by atoms with Crippen LogP contribution in [-0.2, 0) is 22.7 Å². The minimum Gasteiger partial charge on any atom is -0.380 e. The van der Waals surface area contributed by atoms with E-state index in [-0.39, 0.29) is 27.3 Å². The maximum absolute atomic E-state index is 13.9. The molecule has 1 N–H and O–H groups in total. The molecule has 0 atom stereocenters. The Morgan fingerprint density at radius 1 is 1.17 bits per heavy atom. The predicted molar refractivity (Wildman–Crippen MR) is 132 cm³/mol. The summed E-state index contributed by atoms with van der Waals surface area (Å²) < 4.78 is 36.0. The zero-order valence-corrected chi connectivity index (χ0v) is 21.0. The fraction of sp³-hybridized carbons (Fsp3) is 0.250. The maximum atomic E-state index is 13.9. The molecule has 0 unspecified atom stereocenters. The van der Waals surface area contributed by atoms with Gasteiger partial charge in [-0.15, -0.1) is 0 Å². The standard InChI is InChI=1S/C24H21ClN6O4S/c1-14-4-6-16(7-5-14)36(33,34)31-19(15-11-27-30(2)13-15)10-17-20(18(25)12-26-22(17)31)21-28-23(35-29-21)24(32)8-3-9-24/h4-7,10-13,32H,3,8-9H2,1-2H3. The van der Waals surface area contributed by atoms with Crippen LogP contribution in [0.5, 0.6) is 0 Å². The van der Waals surface area contributed by atoms with Crippen LogP contribution in [0, 0.1) is 6.92 Å². The molecule has 36 heavy (non-hydrogen) atoms. The smallest absolute Gasteiger partial charge is 0.269 e. The molecular weight excluding hydrogens is 504 g/mol. The molecule has 1 saturated carbocycles. The molecule has 10 nitrogen and oxygen atoms in total. The van der Waals surface area contributed by atoms with Crippen LogP contribution >= 0.6 is 11.6 Å². The number of pyridine rings is 1. The first-order valence-electron chi connectivity index (χ1n) is 11.3. The third-order valence-electron chi connectivity index (χ3n) is 6.53. The van der Waals surface area contributed by atoms with E-state index in [1.165, 1.54) is 10.2 Å². The summed E-state index contributed by atoms with van der Waals surface area (Å²) in [5, 5.41) is 19.6. The molecule has 0 spiro atoms. The van der Waals surface area contributed by atoms with Gasteiger partial charge in [-0.25, -0.2) is 17.4 Å². The lowest BCUT2D eigenvalue weighted by Crippen LogP contribution is -2.33. The molecule has 1 aliphatic carbocycles. The normalized spacial score (nSPS) is 15.3. The molecule has 0 amide bonds. The number of aryl methyl sites for hydroxylation is 2. The Balaban J connectivity index is 1.62. The van der Waals surface area contributed by atoms with Crippen molar-refractivity contribution < 1.29 is 18.0 Å². The highest BCUT2D eigenvalue weighted by molar-refractivity contribution is 7.90. The molecule has 12 heteroatoms. The number of benzene rings is 1. The van der Waals surface area contributed by atoms with Crippen LogP contribution in [0.3, 0.4) is 0 Å². The lowest BCUT2D eigenvalue weighted by atomic mass is 9.80. The second-order valence-electron chi connectivity index (χ2n) is 9.04. The van der Waals surface area contributed by atoms with E-state index < -0.39 is 15.6 Å². The average molecular weight is 525 g/mol. The summed E-state index contributed by atoms with van der Waals surface area (Å²) in [7, 11) is -2.32. The molecule has 4 heterocycles. The topological polar surface area (TPSA) is 129 Å². The Hall–Kier alpha value is -3.54. The molecular formula is C24H21ClN6O4S. The van der Waals surface area contributed by atoms with Crippen molar-refractivity contribution >= 4 is 32.7 Å². The number of rotatable bonds is 5. The minimum absolute atomic E-state index is 0.114. The second kappa shape index (κ2) is 7.99. The molecule has 4 aromatic heterocycles. The summed E-state index contributed by atoms with van der Waals surface area (Å²) in [6.45, 7) is 1.89. The largest absolute Gasteiger partial charge is 0.380 e. The van der Waals surface area contributed by atoms with Crippen LogP contribution in [0.2, 0.25) is 5.02 Å². The molecule has 1 aromatic carbocycles. The SMILES string of the molecule is Cc1ccc(S(=O)(=O)n2c(-c3cnn(C)c3)cc3c(-c4noc(C5(O)CCC5)n4)c(Cl)cnc32)cc1. The fourth-order valence-electron chi connectivity index (χ4n) is 4.38. The zero-order chi connectivity index (χ0) is 25.2. The minimum atomic E-state index is -4.06. The van der Waals surface area contributed by atoms with Crippen molar-refractivity contribution in [1.29, 1.82) is 0 Å². The van der Waals surface area contributed by atoms with E-state index in [9.17, 15) is 13.5 Å². The lowest BCUT2D eigenvalue weighted by molar-refractivity contribution is -0.0646. The fourth-order valence-corrected chi connectivity index (χ4v) is 6.10. The van der Waals surface area contributed by atoms with Gasteiger partial charge in [0.1, 0.15) is 5.60 Å². The van der Waals surface area contributed by atoms with Crippen LogP contribution in [0.1, 0.15) is 30.7 Å². The van der Waals surface area contributed by atoms with Crippen molar-refractivity contribution in [3.63, 3.8) is 0 Å². The molecule has 1 aliphatic rings. The first kappa shape index (κ1) is 22.9. The van der Waals surface area contributed by atoms with Gasteiger partial charge in [-0.05, 0) is 44.4 Å². The van der Waals surface area contributed by atoms with Crippen LogP contribution < -0.4 is 0 Å². The van der Waals surface area contributed by atoms with Gasteiger partial charge in [0.25, 0.3) is 15.9 Å². The highest BCUT2D eigenvalue weighted by atomic mass is 35.5. The van der Waals surface area contributed by atoms with E-state index in [4.69, 9.17) is 16.1 Å². The highest BCUT2D eigenvalue weighted by Gasteiger charge is 2.42. The zero-order valence-electron chi connectivity index (χ0n) is 19.4. The number of hydrogen-bond donors (Lipinski definition) is 1. The summed E-state index contributed by atoms with van der Waals surface area (Å²) >= 11 is 6.55. The maximum Gasteiger partial charge on any atom is 0.269 e. The Morgan fingerprint density at radius 2 is 1.92 bits per heavy atom. The molecule has 0 bridgehead atoms. The van der Waals surface area contributed by atoms with Crippen molar-refractivity contribution in [3.05, 3.63) is 65.4 Å². The number of halogens is 1. The number of aromatic nitrogens is 6. The van der Waals surface area contributed by atoms with Gasteiger partial charge in [-0.3, -0.25) is 4.68 Å². The molecule has 0 aliphatic heterocycles. The summed E-state index contributed by atoms with van der Waals surface area (Å²) in [5.41, 5.74) is 1.24. The lowest BCUT2D eigenvalue weighted by Gasteiger charge is -2.32. The summed E-state index contributed by atoms with van der Waals surface area (Å²) in [5.74, 6) is 0.259. The van der Waals surface area contributed by atoms with E-state index in [1.807, 2.05) is 6.92 Å². The molecule has 5 aromatic rings. The van der Waals surface area contributed by atoms with Crippen molar-refractivity contribution in [2.24, 2.45) is 7.05 Å². The monoisotopic (exact) mass is 524 g/mol. The second-order valence-corrected chi connectivity index (χ2v) is 11.2. The van der Waals surface area contributed by atoms with E-state index in [0.29, 0.717) is 35.0 Å². The summed E-state index contributed by atoms with van der Waals surface area (Å²) in [6.07, 6.45) is 6.59. The molecule has 6 rings (SSSR count). The van der Waals surface area contributed by atoms with Crippen LogP contribution in [0.4, 0.5) is 0 Å². The summed E-state index contributed by atoms with van der Waals surface area (Å²) in [6, 6.07) is 8.28. The van der Waals surface area contributed by atoms with Gasteiger partial charge >= 0.3 is 0 Å². The Bertz CT molecular complexity index is 1730.